The number of aryl methyl sites for hydroxylation is 1. The van der Waals surface area contributed by atoms with Crippen molar-refractivity contribution in [3.63, 3.8) is 0 Å². The lowest BCUT2D eigenvalue weighted by molar-refractivity contribution is -0.142. The van der Waals surface area contributed by atoms with E-state index in [4.69, 9.17) is 43.8 Å². The fourth-order valence-corrected chi connectivity index (χ4v) is 8.66. The molecule has 0 spiro atoms. The predicted molar refractivity (Wildman–Crippen MR) is 190 cm³/mol. The first-order valence-corrected chi connectivity index (χ1v) is 18.3. The van der Waals surface area contributed by atoms with Crippen LogP contribution in [0.1, 0.15) is 29.7 Å². The Balaban J connectivity index is 1.10. The first kappa shape index (κ1) is 35.4. The molecule has 1 aromatic heterocycles. The van der Waals surface area contributed by atoms with Crippen molar-refractivity contribution in [2.24, 2.45) is 5.73 Å². The van der Waals surface area contributed by atoms with Gasteiger partial charge < -0.3 is 25.0 Å². The molecule has 2 fully saturated rings. The largest absolute Gasteiger partial charge is 0.487 e. The summed E-state index contributed by atoms with van der Waals surface area (Å²) in [5, 5.41) is 8.55. The summed E-state index contributed by atoms with van der Waals surface area (Å²) in [6.45, 7) is 2.85. The van der Waals surface area contributed by atoms with Crippen LogP contribution >= 0.6 is 23.2 Å². The molecule has 0 bridgehead atoms. The number of halogens is 2. The van der Waals surface area contributed by atoms with Gasteiger partial charge in [-0.2, -0.15) is 4.31 Å². The fourth-order valence-electron chi connectivity index (χ4n) is 6.15. The number of aromatic nitrogens is 1. The quantitative estimate of drug-likeness (QED) is 0.176. The third-order valence-corrected chi connectivity index (χ3v) is 11.7. The molecule has 1 atom stereocenters. The van der Waals surface area contributed by atoms with E-state index in [1.165, 1.54) is 16.4 Å². The number of amidine groups is 1. The van der Waals surface area contributed by atoms with Gasteiger partial charge in [-0.3, -0.25) is 15.0 Å². The van der Waals surface area contributed by atoms with E-state index < -0.39 is 16.1 Å². The van der Waals surface area contributed by atoms with Crippen LogP contribution in [-0.2, 0) is 26.2 Å². The number of carbonyl (C=O) groups excluding carboxylic acids is 2. The number of nitrogens with two attached hydrogens (primary N) is 1. The number of benzene rings is 3. The molecule has 50 heavy (non-hydrogen) atoms. The number of nitrogens with one attached hydrogen (secondary N) is 1. The Morgan fingerprint density at radius 3 is 2.38 bits per heavy atom. The number of ether oxygens (including phenoxy) is 2. The van der Waals surface area contributed by atoms with Crippen molar-refractivity contribution in [2.75, 3.05) is 39.3 Å². The van der Waals surface area contributed by atoms with Crippen LogP contribution < -0.4 is 15.2 Å². The molecule has 12 nitrogen and oxygen atoms in total. The molecule has 2 amide bonds. The zero-order valence-corrected chi connectivity index (χ0v) is 29.6. The first-order chi connectivity index (χ1) is 23.9. The second kappa shape index (κ2) is 14.8. The molecule has 0 saturated carbocycles. The summed E-state index contributed by atoms with van der Waals surface area (Å²) in [5.74, 6) is 0.367. The van der Waals surface area contributed by atoms with Crippen LogP contribution in [0.4, 0.5) is 0 Å². The minimum Gasteiger partial charge on any atom is -0.487 e. The number of rotatable bonds is 10. The van der Waals surface area contributed by atoms with Gasteiger partial charge in [-0.05, 0) is 68.3 Å². The average molecular weight is 740 g/mol. The molecule has 15 heteroatoms. The lowest BCUT2D eigenvalue weighted by Crippen LogP contribution is -2.55. The number of para-hydroxylation sites is 1. The maximum Gasteiger partial charge on any atom is 0.260 e. The molecule has 0 radical (unpaired) electrons. The van der Waals surface area contributed by atoms with Crippen LogP contribution in [0.2, 0.25) is 10.0 Å². The number of nitrogen functional groups attached to an aromatic ring is 1. The van der Waals surface area contributed by atoms with E-state index in [9.17, 15) is 18.0 Å². The van der Waals surface area contributed by atoms with E-state index >= 15 is 0 Å². The molecule has 2 saturated heterocycles. The zero-order chi connectivity index (χ0) is 35.6. The number of hydrogen-bond acceptors (Lipinski definition) is 8. The Kier molecular flexibility index (Phi) is 10.5. The third-order valence-electron chi connectivity index (χ3n) is 8.89. The van der Waals surface area contributed by atoms with Gasteiger partial charge in [-0.15, -0.1) is 0 Å². The molecule has 2 aliphatic heterocycles. The summed E-state index contributed by atoms with van der Waals surface area (Å²) in [6.07, 6.45) is 0.871. The highest BCUT2D eigenvalue weighted by Crippen LogP contribution is 2.37. The predicted octanol–water partition coefficient (Wildman–Crippen LogP) is 4.62. The van der Waals surface area contributed by atoms with Crippen LogP contribution in [0, 0.1) is 12.3 Å². The normalized spacial score (nSPS) is 16.8. The molecule has 0 aliphatic carbocycles. The second-order valence-electron chi connectivity index (χ2n) is 12.1. The Morgan fingerprint density at radius 2 is 1.66 bits per heavy atom. The van der Waals surface area contributed by atoms with Gasteiger partial charge in [0.15, 0.2) is 6.61 Å². The van der Waals surface area contributed by atoms with Crippen molar-refractivity contribution in [2.45, 2.75) is 37.3 Å². The Hall–Kier alpha value is -4.43. The van der Waals surface area contributed by atoms with Crippen LogP contribution in [0.5, 0.6) is 11.5 Å². The van der Waals surface area contributed by atoms with Crippen LogP contribution in [0.3, 0.4) is 0 Å². The van der Waals surface area contributed by atoms with E-state index in [0.29, 0.717) is 41.0 Å². The van der Waals surface area contributed by atoms with Crippen LogP contribution in [0.25, 0.3) is 10.9 Å². The highest BCUT2D eigenvalue weighted by molar-refractivity contribution is 7.89. The van der Waals surface area contributed by atoms with Crippen LogP contribution in [0.15, 0.2) is 71.6 Å². The fraction of sp³-hybridized carbons (Fsp3) is 0.314. The summed E-state index contributed by atoms with van der Waals surface area (Å²) in [4.78, 5) is 34.2. The van der Waals surface area contributed by atoms with Gasteiger partial charge in [0.05, 0.1) is 5.02 Å². The number of piperazine rings is 1. The highest BCUT2D eigenvalue weighted by Gasteiger charge is 2.43. The van der Waals surface area contributed by atoms with Gasteiger partial charge in [-0.25, -0.2) is 13.4 Å². The standard InChI is InChI=1S/C35H36Cl2N6O6S/c1-22-7-8-23-4-2-6-29(33(23)40-22)49-20-26-27(36)13-14-30(32(26)37)50(46,47)43-15-3-5-28(43)35(45)42-18-16-41(17-19-42)31(44)21-48-25-11-9-24(10-12-25)34(38)39/h2,4,6-14,28H,3,5,15-21H2,1H3,(H3,38,39). The van der Waals surface area contributed by atoms with E-state index in [1.807, 2.05) is 31.2 Å². The zero-order valence-electron chi connectivity index (χ0n) is 27.3. The topological polar surface area (TPSA) is 159 Å². The molecule has 3 heterocycles. The smallest absolute Gasteiger partial charge is 0.260 e. The van der Waals surface area contributed by atoms with Crippen molar-refractivity contribution in [3.05, 3.63) is 93.6 Å². The Morgan fingerprint density at radius 1 is 0.940 bits per heavy atom. The molecule has 3 aromatic carbocycles. The number of nitrogens with zero attached hydrogens (tertiary/aromatic N) is 4. The van der Waals surface area contributed by atoms with Gasteiger partial charge >= 0.3 is 0 Å². The summed E-state index contributed by atoms with van der Waals surface area (Å²) in [6, 6.07) is 17.9. The van der Waals surface area contributed by atoms with E-state index in [0.717, 1.165) is 11.1 Å². The van der Waals surface area contributed by atoms with Gasteiger partial charge in [0.2, 0.25) is 15.9 Å². The summed E-state index contributed by atoms with van der Waals surface area (Å²) >= 11 is 13.3. The number of amides is 2. The van der Waals surface area contributed by atoms with Crippen molar-refractivity contribution < 1.29 is 27.5 Å². The molecule has 262 valence electrons. The molecular weight excluding hydrogens is 703 g/mol. The summed E-state index contributed by atoms with van der Waals surface area (Å²) in [5.41, 5.74) is 7.82. The average Bonchev–Trinajstić information content (AvgIpc) is 3.62. The first-order valence-electron chi connectivity index (χ1n) is 16.1. The van der Waals surface area contributed by atoms with Crippen molar-refractivity contribution >= 4 is 61.8 Å². The minimum absolute atomic E-state index is 0.0620. The lowest BCUT2D eigenvalue weighted by Gasteiger charge is -2.37. The molecule has 3 N–H and O–H groups in total. The number of hydrogen-bond donors (Lipinski definition) is 2. The van der Waals surface area contributed by atoms with E-state index in [1.54, 1.807) is 40.1 Å². The van der Waals surface area contributed by atoms with Gasteiger partial charge in [0.25, 0.3) is 5.91 Å². The van der Waals surface area contributed by atoms with Gasteiger partial charge in [0, 0.05) is 60.0 Å². The molecule has 4 aromatic rings. The van der Waals surface area contributed by atoms with Gasteiger partial charge in [-0.1, -0.05) is 41.4 Å². The van der Waals surface area contributed by atoms with Crippen molar-refractivity contribution in [1.82, 2.24) is 19.1 Å². The number of fused-ring (bicyclic) bond motifs is 1. The highest BCUT2D eigenvalue weighted by atomic mass is 35.5. The number of sulfonamides is 1. The summed E-state index contributed by atoms with van der Waals surface area (Å²) in [7, 11) is -4.20. The van der Waals surface area contributed by atoms with Gasteiger partial charge in [0.1, 0.15) is 40.4 Å². The number of pyridine rings is 1. The summed E-state index contributed by atoms with van der Waals surface area (Å²) < 4.78 is 41.1. The molecule has 2 aliphatic rings. The molecule has 1 unspecified atom stereocenters. The maximum atomic E-state index is 14.1. The second-order valence-corrected chi connectivity index (χ2v) is 14.8. The van der Waals surface area contributed by atoms with E-state index in [2.05, 4.69) is 4.98 Å². The SMILES string of the molecule is Cc1ccc2cccc(OCc3c(Cl)ccc(S(=O)(=O)N4CCCC4C(=O)N4CCN(C(=O)COc5ccc(C(=N)N)cc5)CC4)c3Cl)c2n1. The lowest BCUT2D eigenvalue weighted by atomic mass is 10.2. The van der Waals surface area contributed by atoms with Crippen LogP contribution in [-0.4, -0.2) is 90.5 Å². The monoisotopic (exact) mass is 738 g/mol. The van der Waals surface area contributed by atoms with Crippen molar-refractivity contribution in [1.29, 1.82) is 5.41 Å². The minimum atomic E-state index is -4.20. The van der Waals surface area contributed by atoms with E-state index in [-0.39, 0.29) is 78.5 Å². The maximum absolute atomic E-state index is 14.1. The molecular formula is C35H36Cl2N6O6S. The number of carbonyl (C=O) groups is 2. The molecule has 6 rings (SSSR count). The Labute approximate surface area is 300 Å². The Bertz CT molecular complexity index is 2050. The van der Waals surface area contributed by atoms with Crippen molar-refractivity contribution in [3.8, 4) is 11.5 Å². The third kappa shape index (κ3) is 7.36.